The molecular formula is C19H32O2. The van der Waals surface area contributed by atoms with Gasteiger partial charge in [-0.1, -0.05) is 38.7 Å². The van der Waals surface area contributed by atoms with Gasteiger partial charge in [0.05, 0.1) is 7.11 Å². The van der Waals surface area contributed by atoms with Crippen molar-refractivity contribution in [3.63, 3.8) is 0 Å². The first-order valence-electron chi connectivity index (χ1n) is 8.99. The van der Waals surface area contributed by atoms with E-state index in [0.29, 0.717) is 5.92 Å². The van der Waals surface area contributed by atoms with Gasteiger partial charge in [0.15, 0.2) is 0 Å². The average Bonchev–Trinajstić information content (AvgIpc) is 2.54. The molecule has 2 aliphatic rings. The first-order chi connectivity index (χ1) is 10.2. The maximum Gasteiger partial charge on any atom is 0.330 e. The molecule has 2 heteroatoms. The van der Waals surface area contributed by atoms with Gasteiger partial charge in [-0.15, -0.1) is 0 Å². The van der Waals surface area contributed by atoms with Crippen LogP contribution in [0.1, 0.15) is 71.1 Å². The number of allylic oxidation sites excluding steroid dienone is 1. The Kier molecular flexibility index (Phi) is 6.79. The van der Waals surface area contributed by atoms with Crippen LogP contribution in [0, 0.1) is 23.7 Å². The van der Waals surface area contributed by atoms with Gasteiger partial charge in [-0.3, -0.25) is 0 Å². The van der Waals surface area contributed by atoms with Crippen LogP contribution in [0.5, 0.6) is 0 Å². The van der Waals surface area contributed by atoms with Crippen molar-refractivity contribution < 1.29 is 9.53 Å². The highest BCUT2D eigenvalue weighted by atomic mass is 16.5. The van der Waals surface area contributed by atoms with E-state index < -0.39 is 0 Å². The summed E-state index contributed by atoms with van der Waals surface area (Å²) in [6.07, 6.45) is 17.6. The van der Waals surface area contributed by atoms with Crippen LogP contribution in [-0.2, 0) is 9.53 Å². The largest absolute Gasteiger partial charge is 0.466 e. The molecule has 0 bridgehead atoms. The molecule has 2 fully saturated rings. The third kappa shape index (κ3) is 5.16. The molecule has 0 N–H and O–H groups in total. The Hall–Kier alpha value is -0.790. The lowest BCUT2D eigenvalue weighted by molar-refractivity contribution is -0.134. The van der Waals surface area contributed by atoms with Crippen molar-refractivity contribution >= 4 is 5.97 Å². The Morgan fingerprint density at radius 3 is 2.10 bits per heavy atom. The van der Waals surface area contributed by atoms with E-state index in [2.05, 4.69) is 17.7 Å². The van der Waals surface area contributed by atoms with Crippen molar-refractivity contribution in [2.75, 3.05) is 7.11 Å². The number of carbonyl (C=O) groups excluding carboxylic acids is 1. The summed E-state index contributed by atoms with van der Waals surface area (Å²) in [7, 11) is 1.44. The van der Waals surface area contributed by atoms with Gasteiger partial charge in [-0.2, -0.15) is 0 Å². The van der Waals surface area contributed by atoms with E-state index in [1.165, 1.54) is 71.3 Å². The van der Waals surface area contributed by atoms with Gasteiger partial charge in [0.1, 0.15) is 0 Å². The molecule has 0 aromatic rings. The normalized spacial score (nSPS) is 34.0. The van der Waals surface area contributed by atoms with Gasteiger partial charge in [0.2, 0.25) is 0 Å². The highest BCUT2D eigenvalue weighted by molar-refractivity contribution is 5.81. The number of ether oxygens (including phenoxy) is 1. The summed E-state index contributed by atoms with van der Waals surface area (Å²) in [6, 6.07) is 0. The molecule has 0 spiro atoms. The number of hydrogen-bond donors (Lipinski definition) is 0. The Morgan fingerprint density at radius 2 is 1.57 bits per heavy atom. The van der Waals surface area contributed by atoms with Gasteiger partial charge in [0, 0.05) is 6.08 Å². The number of esters is 1. The fourth-order valence-electron chi connectivity index (χ4n) is 4.45. The molecule has 0 aromatic heterocycles. The van der Waals surface area contributed by atoms with Crippen molar-refractivity contribution in [2.24, 2.45) is 23.7 Å². The van der Waals surface area contributed by atoms with Gasteiger partial charge >= 0.3 is 5.97 Å². The van der Waals surface area contributed by atoms with Crippen LogP contribution in [0.25, 0.3) is 0 Å². The minimum Gasteiger partial charge on any atom is -0.466 e. The monoisotopic (exact) mass is 292 g/mol. The van der Waals surface area contributed by atoms with Gasteiger partial charge in [-0.25, -0.2) is 4.79 Å². The third-order valence-electron chi connectivity index (χ3n) is 5.78. The predicted octanol–water partition coefficient (Wildman–Crippen LogP) is 5.13. The molecule has 0 radical (unpaired) electrons. The highest BCUT2D eigenvalue weighted by Gasteiger charge is 2.30. The van der Waals surface area contributed by atoms with E-state index in [0.717, 1.165) is 17.8 Å². The molecule has 0 amide bonds. The van der Waals surface area contributed by atoms with Crippen molar-refractivity contribution in [1.82, 2.24) is 0 Å². The topological polar surface area (TPSA) is 26.3 Å². The zero-order valence-corrected chi connectivity index (χ0v) is 13.9. The molecule has 2 aliphatic carbocycles. The summed E-state index contributed by atoms with van der Waals surface area (Å²) in [5.74, 6) is 3.34. The van der Waals surface area contributed by atoms with Crippen molar-refractivity contribution in [3.05, 3.63) is 12.2 Å². The van der Waals surface area contributed by atoms with Crippen molar-refractivity contribution in [2.45, 2.75) is 71.1 Å². The lowest BCUT2D eigenvalue weighted by Crippen LogP contribution is -2.25. The second-order valence-electron chi connectivity index (χ2n) is 7.13. The highest BCUT2D eigenvalue weighted by Crippen LogP contribution is 2.42. The van der Waals surface area contributed by atoms with Gasteiger partial charge < -0.3 is 4.74 Å². The maximum absolute atomic E-state index is 11.1. The van der Waals surface area contributed by atoms with Crippen LogP contribution in [-0.4, -0.2) is 13.1 Å². The van der Waals surface area contributed by atoms with E-state index >= 15 is 0 Å². The Balaban J connectivity index is 1.70. The standard InChI is InChI=1S/C19H32O2/c1-3-4-15-5-10-17(11-6-15)18-12-7-16(8-13-18)9-14-19(20)21-2/h9,14-18H,3-8,10-13H2,1-2H3. The second-order valence-corrected chi connectivity index (χ2v) is 7.13. The van der Waals surface area contributed by atoms with Crippen molar-refractivity contribution in [1.29, 1.82) is 0 Å². The summed E-state index contributed by atoms with van der Waals surface area (Å²) >= 11 is 0. The van der Waals surface area contributed by atoms with E-state index in [1.54, 1.807) is 6.08 Å². The first kappa shape index (κ1) is 16.6. The molecule has 0 aliphatic heterocycles. The minimum absolute atomic E-state index is 0.216. The Labute approximate surface area is 130 Å². The van der Waals surface area contributed by atoms with Gasteiger partial charge in [0.25, 0.3) is 0 Å². The fraction of sp³-hybridized carbons (Fsp3) is 0.842. The summed E-state index contributed by atoms with van der Waals surface area (Å²) in [5.41, 5.74) is 0. The molecule has 2 rings (SSSR count). The molecule has 0 saturated heterocycles. The summed E-state index contributed by atoms with van der Waals surface area (Å²) in [5, 5.41) is 0. The summed E-state index contributed by atoms with van der Waals surface area (Å²) in [6.45, 7) is 2.31. The smallest absolute Gasteiger partial charge is 0.330 e. The van der Waals surface area contributed by atoms with Crippen LogP contribution in [0.2, 0.25) is 0 Å². The SMILES string of the molecule is CCCC1CCC(C2CCC(C=CC(=O)OC)CC2)CC1. The number of methoxy groups -OCH3 is 1. The molecule has 0 unspecified atom stereocenters. The lowest BCUT2D eigenvalue weighted by Gasteiger charge is -2.37. The maximum atomic E-state index is 11.1. The fourth-order valence-corrected chi connectivity index (χ4v) is 4.45. The van der Waals surface area contributed by atoms with Gasteiger partial charge in [-0.05, 0) is 62.2 Å². The molecule has 21 heavy (non-hydrogen) atoms. The van der Waals surface area contributed by atoms with Crippen LogP contribution in [0.15, 0.2) is 12.2 Å². The molecule has 0 aromatic carbocycles. The quantitative estimate of drug-likeness (QED) is 0.519. The van der Waals surface area contributed by atoms with Crippen molar-refractivity contribution in [3.8, 4) is 0 Å². The van der Waals surface area contributed by atoms with E-state index in [9.17, 15) is 4.79 Å². The Bertz CT molecular complexity index is 331. The van der Waals surface area contributed by atoms with Crippen LogP contribution in [0.3, 0.4) is 0 Å². The van der Waals surface area contributed by atoms with E-state index in [-0.39, 0.29) is 5.97 Å². The van der Waals surface area contributed by atoms with Crippen LogP contribution < -0.4 is 0 Å². The first-order valence-corrected chi connectivity index (χ1v) is 8.99. The van der Waals surface area contributed by atoms with Crippen LogP contribution >= 0.6 is 0 Å². The molecule has 0 heterocycles. The van der Waals surface area contributed by atoms with E-state index in [1.807, 2.05) is 0 Å². The molecule has 2 saturated carbocycles. The third-order valence-corrected chi connectivity index (χ3v) is 5.78. The zero-order chi connectivity index (χ0) is 15.1. The summed E-state index contributed by atoms with van der Waals surface area (Å²) in [4.78, 5) is 11.1. The summed E-state index contributed by atoms with van der Waals surface area (Å²) < 4.78 is 4.66. The number of hydrogen-bond acceptors (Lipinski definition) is 2. The average molecular weight is 292 g/mol. The second kappa shape index (κ2) is 8.60. The van der Waals surface area contributed by atoms with Crippen LogP contribution in [0.4, 0.5) is 0 Å². The predicted molar refractivity (Wildman–Crippen MR) is 87.0 cm³/mol. The zero-order valence-electron chi connectivity index (χ0n) is 13.9. The number of carbonyl (C=O) groups is 1. The lowest BCUT2D eigenvalue weighted by atomic mass is 9.69. The minimum atomic E-state index is -0.216. The van der Waals surface area contributed by atoms with E-state index in [4.69, 9.17) is 0 Å². The molecular weight excluding hydrogens is 260 g/mol. The Morgan fingerprint density at radius 1 is 1.00 bits per heavy atom. The molecule has 2 nitrogen and oxygen atoms in total. The number of rotatable bonds is 5. The molecule has 120 valence electrons. The molecule has 0 atom stereocenters.